The first kappa shape index (κ1) is 24.3. The Hall–Kier alpha value is -3.01. The van der Waals surface area contributed by atoms with E-state index in [0.29, 0.717) is 0 Å². The minimum absolute atomic E-state index is 0.148. The van der Waals surface area contributed by atoms with E-state index in [1.54, 1.807) is 0 Å². The van der Waals surface area contributed by atoms with Crippen molar-refractivity contribution in [2.45, 2.75) is 37.0 Å². The number of rotatable bonds is 4. The Morgan fingerprint density at radius 1 is 0.568 bits per heavy atom. The molecule has 1 fully saturated rings. The van der Waals surface area contributed by atoms with E-state index in [4.69, 9.17) is 4.74 Å². The monoisotopic (exact) mass is 506 g/mol. The molecule has 37 heavy (non-hydrogen) atoms. The average Bonchev–Trinajstić information content (AvgIpc) is 3.34. The number of likely N-dealkylation sites (N-methyl/N-ethyl adjacent to an activating group) is 2. The molecule has 6 rings (SSSR count). The zero-order chi connectivity index (χ0) is 25.7. The molecule has 2 aliphatic rings. The molecule has 5 heteroatoms. The van der Waals surface area contributed by atoms with Crippen LogP contribution in [-0.2, 0) is 11.1 Å². The molecule has 188 valence electrons. The maximum absolute atomic E-state index is 5.98. The van der Waals surface area contributed by atoms with E-state index in [1.165, 1.54) is 22.3 Å². The van der Waals surface area contributed by atoms with Crippen LogP contribution in [0.2, 0.25) is 0 Å². The molecule has 4 aromatic rings. The largest absolute Gasteiger partial charge is 0.244 e. The van der Waals surface area contributed by atoms with Gasteiger partial charge in [0.1, 0.15) is 5.54 Å². The van der Waals surface area contributed by atoms with Gasteiger partial charge in [0, 0.05) is 12.1 Å². The highest BCUT2D eigenvalue weighted by Gasteiger charge is 2.62. The van der Waals surface area contributed by atoms with E-state index >= 15 is 0 Å². The molecule has 2 heterocycles. The predicted molar refractivity (Wildman–Crippen MR) is 154 cm³/mol. The van der Waals surface area contributed by atoms with Gasteiger partial charge in [0.25, 0.3) is 0 Å². The molecule has 3 atom stereocenters. The standard InChI is InChI=1S/C32H35N4P/c1-25-31(27-17-9-5-10-18-27,28-19-11-6-12-20-28)33-37(35(25)3)34-32(26(2)36(37)4,29-21-13-7-14-22-29)30-23-15-8-16-24-30/h5-26,33H,1-4H3/t25-,26-,37?/m0/s1. The summed E-state index contributed by atoms with van der Waals surface area (Å²) >= 11 is 0. The van der Waals surface area contributed by atoms with Crippen molar-refractivity contribution in [1.82, 2.24) is 14.4 Å². The molecule has 1 unspecified atom stereocenters. The Balaban J connectivity index is 1.65. The lowest BCUT2D eigenvalue weighted by molar-refractivity contribution is 0.305. The number of benzene rings is 4. The Morgan fingerprint density at radius 3 is 1.32 bits per heavy atom. The van der Waals surface area contributed by atoms with Crippen molar-refractivity contribution in [3.05, 3.63) is 144 Å². The normalized spacial score (nSPS) is 26.8. The summed E-state index contributed by atoms with van der Waals surface area (Å²) in [5, 5.41) is 4.28. The van der Waals surface area contributed by atoms with Crippen LogP contribution in [0.3, 0.4) is 0 Å². The first-order valence-corrected chi connectivity index (χ1v) is 14.7. The zero-order valence-corrected chi connectivity index (χ0v) is 22.9. The van der Waals surface area contributed by atoms with Gasteiger partial charge in [-0.2, -0.15) is 0 Å². The molecular formula is C32H35N4P. The van der Waals surface area contributed by atoms with Gasteiger partial charge in [-0.25, -0.2) is 19.2 Å². The Bertz CT molecular complexity index is 1340. The van der Waals surface area contributed by atoms with Crippen LogP contribution in [0.1, 0.15) is 36.1 Å². The summed E-state index contributed by atoms with van der Waals surface area (Å²) in [6.07, 6.45) is 0. The molecule has 0 aliphatic carbocycles. The lowest BCUT2D eigenvalue weighted by Gasteiger charge is -2.36. The van der Waals surface area contributed by atoms with Crippen LogP contribution in [0.4, 0.5) is 0 Å². The molecule has 0 bridgehead atoms. The molecule has 4 nitrogen and oxygen atoms in total. The highest BCUT2D eigenvalue weighted by Crippen LogP contribution is 2.71. The van der Waals surface area contributed by atoms with Gasteiger partial charge in [-0.1, -0.05) is 121 Å². The Labute approximate surface area is 221 Å². The second-order valence-corrected chi connectivity index (χ2v) is 13.1. The number of hydrogen-bond acceptors (Lipinski definition) is 4. The van der Waals surface area contributed by atoms with Crippen molar-refractivity contribution in [2.24, 2.45) is 4.74 Å². The fourth-order valence-electron chi connectivity index (χ4n) is 6.54. The molecule has 0 aromatic heterocycles. The molecule has 0 radical (unpaired) electrons. The van der Waals surface area contributed by atoms with E-state index in [9.17, 15) is 0 Å². The fourth-order valence-corrected chi connectivity index (χ4v) is 10.7. The van der Waals surface area contributed by atoms with E-state index < -0.39 is 18.6 Å². The topological polar surface area (TPSA) is 30.9 Å². The summed E-state index contributed by atoms with van der Waals surface area (Å²) in [7, 11) is 2.17. The number of hydrogen-bond donors (Lipinski definition) is 1. The third-order valence-corrected chi connectivity index (χ3v) is 12.4. The van der Waals surface area contributed by atoms with Crippen LogP contribution in [0, 0.1) is 0 Å². The second kappa shape index (κ2) is 9.08. The van der Waals surface area contributed by atoms with Gasteiger partial charge in [-0.3, -0.25) is 0 Å². The van der Waals surface area contributed by atoms with Crippen LogP contribution in [-0.4, -0.2) is 35.5 Å². The average molecular weight is 507 g/mol. The van der Waals surface area contributed by atoms with Crippen LogP contribution >= 0.6 is 7.51 Å². The minimum atomic E-state index is -2.36. The first-order valence-electron chi connectivity index (χ1n) is 13.1. The van der Waals surface area contributed by atoms with Crippen molar-refractivity contribution in [3.8, 4) is 0 Å². The molecule has 1 N–H and O–H groups in total. The molecule has 1 saturated heterocycles. The van der Waals surface area contributed by atoms with Gasteiger partial charge in [0.05, 0.1) is 5.54 Å². The van der Waals surface area contributed by atoms with Crippen LogP contribution in [0.25, 0.3) is 0 Å². The third kappa shape index (κ3) is 3.37. The van der Waals surface area contributed by atoms with E-state index in [0.717, 1.165) is 0 Å². The number of nitrogens with zero attached hydrogens (tertiary/aromatic N) is 3. The molecule has 4 aromatic carbocycles. The molecule has 1 spiro atoms. The predicted octanol–water partition coefficient (Wildman–Crippen LogP) is 7.08. The Morgan fingerprint density at radius 2 is 0.919 bits per heavy atom. The second-order valence-electron chi connectivity index (χ2n) is 10.3. The van der Waals surface area contributed by atoms with Crippen LogP contribution in [0.15, 0.2) is 126 Å². The van der Waals surface area contributed by atoms with Crippen molar-refractivity contribution < 1.29 is 0 Å². The highest BCUT2D eigenvalue weighted by atomic mass is 31.2. The van der Waals surface area contributed by atoms with Crippen LogP contribution < -0.4 is 5.09 Å². The Kier molecular flexibility index (Phi) is 5.97. The van der Waals surface area contributed by atoms with Crippen LogP contribution in [0.5, 0.6) is 0 Å². The summed E-state index contributed by atoms with van der Waals surface area (Å²) < 4.78 is 11.1. The summed E-state index contributed by atoms with van der Waals surface area (Å²) in [4.78, 5) is 0. The lowest BCUT2D eigenvalue weighted by Crippen LogP contribution is -2.46. The lowest BCUT2D eigenvalue weighted by atomic mass is 9.78. The number of nitrogens with one attached hydrogen (secondary N) is 1. The van der Waals surface area contributed by atoms with Gasteiger partial charge in [-0.15, -0.1) is 0 Å². The van der Waals surface area contributed by atoms with E-state index in [1.807, 2.05) is 0 Å². The summed E-state index contributed by atoms with van der Waals surface area (Å²) in [5.74, 6) is 0. The highest BCUT2D eigenvalue weighted by molar-refractivity contribution is 7.60. The smallest absolute Gasteiger partial charge is 0.167 e. The van der Waals surface area contributed by atoms with Crippen molar-refractivity contribution in [2.75, 3.05) is 14.1 Å². The van der Waals surface area contributed by atoms with Gasteiger partial charge in [0.15, 0.2) is 7.51 Å². The summed E-state index contributed by atoms with van der Waals surface area (Å²) in [6, 6.07) is 43.8. The first-order chi connectivity index (χ1) is 18.0. The van der Waals surface area contributed by atoms with Crippen molar-refractivity contribution in [3.63, 3.8) is 0 Å². The van der Waals surface area contributed by atoms with E-state index in [-0.39, 0.29) is 12.1 Å². The SMILES string of the molecule is C[C@@H]1N(C)P2(=NC1(c1ccccc1)c1ccccc1)NC(c1ccccc1)(c1ccccc1)[C@H](C)N2C. The summed E-state index contributed by atoms with van der Waals surface area (Å²) in [5.41, 5.74) is 4.12. The third-order valence-electron chi connectivity index (χ3n) is 8.74. The van der Waals surface area contributed by atoms with Crippen molar-refractivity contribution in [1.29, 1.82) is 0 Å². The summed E-state index contributed by atoms with van der Waals surface area (Å²) in [6.45, 7) is 4.68. The molecule has 0 saturated carbocycles. The van der Waals surface area contributed by atoms with Gasteiger partial charge >= 0.3 is 0 Å². The molecular weight excluding hydrogens is 471 g/mol. The molecule has 2 aliphatic heterocycles. The quantitative estimate of drug-likeness (QED) is 0.300. The van der Waals surface area contributed by atoms with E-state index in [2.05, 4.69) is 164 Å². The minimum Gasteiger partial charge on any atom is -0.244 e. The fraction of sp³-hybridized carbons (Fsp3) is 0.250. The van der Waals surface area contributed by atoms with Gasteiger partial charge < -0.3 is 0 Å². The molecule has 0 amide bonds. The van der Waals surface area contributed by atoms with Gasteiger partial charge in [-0.05, 0) is 50.2 Å². The maximum atomic E-state index is 5.98. The van der Waals surface area contributed by atoms with Gasteiger partial charge in [0.2, 0.25) is 0 Å². The maximum Gasteiger partial charge on any atom is 0.167 e. The zero-order valence-electron chi connectivity index (χ0n) is 22.0. The van der Waals surface area contributed by atoms with Crippen molar-refractivity contribution >= 4 is 7.51 Å².